The van der Waals surface area contributed by atoms with Crippen LogP contribution in [0.3, 0.4) is 0 Å². The van der Waals surface area contributed by atoms with E-state index in [0.29, 0.717) is 5.02 Å². The van der Waals surface area contributed by atoms with Crippen molar-refractivity contribution in [3.63, 3.8) is 0 Å². The molecule has 1 saturated carbocycles. The molecule has 0 heterocycles. The van der Waals surface area contributed by atoms with Crippen molar-refractivity contribution in [1.82, 2.24) is 0 Å². The number of hydrogen-bond donors (Lipinski definition) is 2. The van der Waals surface area contributed by atoms with Crippen molar-refractivity contribution in [2.45, 2.75) is 25.3 Å². The average molecular weight is 240 g/mol. The molecule has 1 unspecified atom stereocenters. The number of rotatable bonds is 4. The van der Waals surface area contributed by atoms with Gasteiger partial charge in [-0.1, -0.05) is 11.6 Å². The Morgan fingerprint density at radius 3 is 2.44 bits per heavy atom. The van der Waals surface area contributed by atoms with E-state index in [1.165, 1.54) is 0 Å². The van der Waals surface area contributed by atoms with Gasteiger partial charge in [-0.25, -0.2) is 4.79 Å². The van der Waals surface area contributed by atoms with Crippen LogP contribution < -0.4 is 5.32 Å². The molecule has 1 atom stereocenters. The van der Waals surface area contributed by atoms with Gasteiger partial charge in [0.2, 0.25) is 0 Å². The second kappa shape index (κ2) is 3.98. The van der Waals surface area contributed by atoms with Crippen molar-refractivity contribution in [1.29, 1.82) is 0 Å². The van der Waals surface area contributed by atoms with E-state index in [1.54, 1.807) is 31.2 Å². The maximum absolute atomic E-state index is 11.3. The topological polar surface area (TPSA) is 49.3 Å². The van der Waals surface area contributed by atoms with Crippen molar-refractivity contribution in [2.24, 2.45) is 5.92 Å². The summed E-state index contributed by atoms with van der Waals surface area (Å²) in [6, 6.07) is 7.09. The first-order valence-corrected chi connectivity index (χ1v) is 5.67. The number of halogens is 1. The fourth-order valence-electron chi connectivity index (χ4n) is 1.82. The summed E-state index contributed by atoms with van der Waals surface area (Å²) < 4.78 is 0. The number of carboxylic acid groups (broad SMARTS) is 1. The van der Waals surface area contributed by atoms with Crippen molar-refractivity contribution < 1.29 is 9.90 Å². The van der Waals surface area contributed by atoms with Gasteiger partial charge in [0.15, 0.2) is 0 Å². The summed E-state index contributed by atoms with van der Waals surface area (Å²) in [5.74, 6) is -0.578. The first-order chi connectivity index (χ1) is 7.52. The van der Waals surface area contributed by atoms with Gasteiger partial charge in [0.25, 0.3) is 0 Å². The standard InChI is InChI=1S/C12H14ClNO2/c1-12(11(15)16,8-2-3-8)14-10-6-4-9(13)5-7-10/h4-8,14H,2-3H2,1H3,(H,15,16). The molecular weight excluding hydrogens is 226 g/mol. The van der Waals surface area contributed by atoms with E-state index in [4.69, 9.17) is 11.6 Å². The fraction of sp³-hybridized carbons (Fsp3) is 0.417. The number of carboxylic acids is 1. The minimum Gasteiger partial charge on any atom is -0.480 e. The molecule has 0 amide bonds. The van der Waals surface area contributed by atoms with Crippen LogP contribution in [0.5, 0.6) is 0 Å². The van der Waals surface area contributed by atoms with Crippen LogP contribution in [0.1, 0.15) is 19.8 Å². The lowest BCUT2D eigenvalue weighted by Gasteiger charge is -2.27. The van der Waals surface area contributed by atoms with Crippen molar-refractivity contribution in [3.8, 4) is 0 Å². The van der Waals surface area contributed by atoms with Crippen LogP contribution in [0.15, 0.2) is 24.3 Å². The zero-order chi connectivity index (χ0) is 11.8. The maximum atomic E-state index is 11.3. The molecule has 0 saturated heterocycles. The molecule has 0 bridgehead atoms. The monoisotopic (exact) mass is 239 g/mol. The molecule has 1 fully saturated rings. The third-order valence-electron chi connectivity index (χ3n) is 3.09. The van der Waals surface area contributed by atoms with Crippen LogP contribution in [0.2, 0.25) is 5.02 Å². The summed E-state index contributed by atoms with van der Waals surface area (Å²) in [4.78, 5) is 11.3. The molecule has 1 aromatic carbocycles. The lowest BCUT2D eigenvalue weighted by Crippen LogP contribution is -2.45. The van der Waals surface area contributed by atoms with Gasteiger partial charge in [0, 0.05) is 10.7 Å². The largest absolute Gasteiger partial charge is 0.480 e. The van der Waals surface area contributed by atoms with Crippen LogP contribution in [0, 0.1) is 5.92 Å². The number of carbonyl (C=O) groups is 1. The van der Waals surface area contributed by atoms with Crippen LogP contribution in [0.25, 0.3) is 0 Å². The molecule has 16 heavy (non-hydrogen) atoms. The number of aliphatic carboxylic acids is 1. The Labute approximate surface area is 99.4 Å². The van der Waals surface area contributed by atoms with Gasteiger partial charge >= 0.3 is 5.97 Å². The highest BCUT2D eigenvalue weighted by molar-refractivity contribution is 6.30. The molecule has 1 aliphatic rings. The lowest BCUT2D eigenvalue weighted by atomic mass is 9.95. The van der Waals surface area contributed by atoms with Gasteiger partial charge in [-0.2, -0.15) is 0 Å². The predicted molar refractivity (Wildman–Crippen MR) is 63.8 cm³/mol. The van der Waals surface area contributed by atoms with Crippen LogP contribution in [-0.2, 0) is 4.79 Å². The van der Waals surface area contributed by atoms with Gasteiger partial charge in [-0.15, -0.1) is 0 Å². The first-order valence-electron chi connectivity index (χ1n) is 5.29. The Balaban J connectivity index is 2.17. The minimum absolute atomic E-state index is 0.223. The molecular formula is C12H14ClNO2. The van der Waals surface area contributed by atoms with Crippen LogP contribution in [-0.4, -0.2) is 16.6 Å². The van der Waals surface area contributed by atoms with E-state index in [1.807, 2.05) is 0 Å². The number of hydrogen-bond acceptors (Lipinski definition) is 2. The Kier molecular flexibility index (Phi) is 2.80. The summed E-state index contributed by atoms with van der Waals surface area (Å²) in [6.07, 6.45) is 1.95. The predicted octanol–water partition coefficient (Wildman–Crippen LogP) is 3.01. The summed E-state index contributed by atoms with van der Waals surface area (Å²) >= 11 is 5.78. The quantitative estimate of drug-likeness (QED) is 0.849. The third-order valence-corrected chi connectivity index (χ3v) is 3.34. The zero-order valence-corrected chi connectivity index (χ0v) is 9.79. The smallest absolute Gasteiger partial charge is 0.329 e. The van der Waals surface area contributed by atoms with Gasteiger partial charge < -0.3 is 10.4 Å². The highest BCUT2D eigenvalue weighted by atomic mass is 35.5. The Bertz CT molecular complexity index is 400. The molecule has 0 aliphatic heterocycles. The Morgan fingerprint density at radius 1 is 1.44 bits per heavy atom. The molecule has 86 valence electrons. The van der Waals surface area contributed by atoms with Crippen molar-refractivity contribution in [3.05, 3.63) is 29.3 Å². The highest BCUT2D eigenvalue weighted by Crippen LogP contribution is 2.41. The molecule has 1 aliphatic carbocycles. The molecule has 2 rings (SSSR count). The lowest BCUT2D eigenvalue weighted by molar-refractivity contribution is -0.142. The van der Waals surface area contributed by atoms with E-state index < -0.39 is 11.5 Å². The fourth-order valence-corrected chi connectivity index (χ4v) is 1.95. The van der Waals surface area contributed by atoms with Crippen LogP contribution in [0.4, 0.5) is 5.69 Å². The summed E-state index contributed by atoms with van der Waals surface area (Å²) in [6.45, 7) is 1.74. The van der Waals surface area contributed by atoms with E-state index in [9.17, 15) is 9.90 Å². The second-order valence-corrected chi connectivity index (χ2v) is 4.85. The third kappa shape index (κ3) is 2.14. The van der Waals surface area contributed by atoms with Gasteiger partial charge in [0.1, 0.15) is 5.54 Å². The summed E-state index contributed by atoms with van der Waals surface area (Å²) in [7, 11) is 0. The van der Waals surface area contributed by atoms with E-state index >= 15 is 0 Å². The molecule has 2 N–H and O–H groups in total. The zero-order valence-electron chi connectivity index (χ0n) is 9.03. The SMILES string of the molecule is CC(Nc1ccc(Cl)cc1)(C(=O)O)C1CC1. The first kappa shape index (κ1) is 11.3. The Hall–Kier alpha value is -1.22. The molecule has 0 spiro atoms. The van der Waals surface area contributed by atoms with Crippen molar-refractivity contribution in [2.75, 3.05) is 5.32 Å². The molecule has 1 aromatic rings. The van der Waals surface area contributed by atoms with E-state index in [0.717, 1.165) is 18.5 Å². The second-order valence-electron chi connectivity index (χ2n) is 4.41. The number of benzene rings is 1. The maximum Gasteiger partial charge on any atom is 0.329 e. The van der Waals surface area contributed by atoms with E-state index in [-0.39, 0.29) is 5.92 Å². The minimum atomic E-state index is -0.867. The summed E-state index contributed by atoms with van der Waals surface area (Å²) in [5, 5.41) is 13.0. The molecule has 0 aromatic heterocycles. The number of nitrogens with one attached hydrogen (secondary N) is 1. The summed E-state index contributed by atoms with van der Waals surface area (Å²) in [5.41, 5.74) is -0.0745. The number of anilines is 1. The van der Waals surface area contributed by atoms with Crippen molar-refractivity contribution >= 4 is 23.3 Å². The van der Waals surface area contributed by atoms with Gasteiger partial charge in [0.05, 0.1) is 0 Å². The van der Waals surface area contributed by atoms with Gasteiger partial charge in [-0.05, 0) is 49.9 Å². The van der Waals surface area contributed by atoms with Gasteiger partial charge in [-0.3, -0.25) is 0 Å². The Morgan fingerprint density at radius 2 is 2.00 bits per heavy atom. The van der Waals surface area contributed by atoms with E-state index in [2.05, 4.69) is 5.32 Å². The molecule has 3 nitrogen and oxygen atoms in total. The molecule has 4 heteroatoms. The molecule has 0 radical (unpaired) electrons. The highest BCUT2D eigenvalue weighted by Gasteiger charge is 2.47. The average Bonchev–Trinajstić information content (AvgIpc) is 3.04. The van der Waals surface area contributed by atoms with Crippen LogP contribution >= 0.6 is 11.6 Å². The normalized spacial score (nSPS) is 18.9.